The fourth-order valence-electron chi connectivity index (χ4n) is 1.71. The fraction of sp³-hybridized carbons (Fsp3) is 0. The quantitative estimate of drug-likeness (QED) is 0.380. The van der Waals surface area contributed by atoms with Gasteiger partial charge in [0, 0.05) is 17.9 Å². The Bertz CT molecular complexity index is 718. The van der Waals surface area contributed by atoms with Crippen LogP contribution in [0.4, 0.5) is 5.69 Å². The molecule has 0 saturated heterocycles. The van der Waals surface area contributed by atoms with Gasteiger partial charge in [-0.15, -0.1) is 0 Å². The maximum Gasteiger partial charge on any atom is 0.196 e. The van der Waals surface area contributed by atoms with Crippen LogP contribution in [0.15, 0.2) is 42.2 Å². The molecule has 98 valence electrons. The molecule has 20 heavy (non-hydrogen) atoms. The SMILES string of the molecule is [C-]#[N+]c1cc(Br)c(Br)cc1-c1cc(Br)c(Br)cc1C#N. The minimum absolute atomic E-state index is 0.491. The van der Waals surface area contributed by atoms with Crippen LogP contribution in [-0.2, 0) is 0 Å². The Morgan fingerprint density at radius 1 is 0.850 bits per heavy atom. The van der Waals surface area contributed by atoms with Gasteiger partial charge in [-0.2, -0.15) is 5.26 Å². The number of hydrogen-bond donors (Lipinski definition) is 0. The molecule has 0 fully saturated rings. The summed E-state index contributed by atoms with van der Waals surface area (Å²) in [6.45, 7) is 7.31. The Morgan fingerprint density at radius 2 is 1.35 bits per heavy atom. The van der Waals surface area contributed by atoms with Gasteiger partial charge in [-0.05, 0) is 83.2 Å². The number of benzene rings is 2. The van der Waals surface area contributed by atoms with Crippen LogP contribution in [0.2, 0.25) is 0 Å². The highest BCUT2D eigenvalue weighted by atomic mass is 79.9. The first-order chi connectivity index (χ1) is 9.47. The van der Waals surface area contributed by atoms with E-state index in [0.717, 1.165) is 29.0 Å². The van der Waals surface area contributed by atoms with E-state index in [-0.39, 0.29) is 0 Å². The van der Waals surface area contributed by atoms with Gasteiger partial charge in [0.2, 0.25) is 0 Å². The van der Waals surface area contributed by atoms with Gasteiger partial charge in [0.1, 0.15) is 0 Å². The second-order valence-electron chi connectivity index (χ2n) is 3.82. The molecule has 0 unspecified atom stereocenters. The Labute approximate surface area is 150 Å². The van der Waals surface area contributed by atoms with Crippen LogP contribution in [0.25, 0.3) is 16.0 Å². The summed E-state index contributed by atoms with van der Waals surface area (Å²) in [6, 6.07) is 9.33. The normalized spacial score (nSPS) is 9.90. The van der Waals surface area contributed by atoms with E-state index in [9.17, 15) is 5.26 Å². The Kier molecular flexibility index (Phi) is 5.04. The molecule has 2 rings (SSSR count). The van der Waals surface area contributed by atoms with Crippen molar-refractivity contribution in [3.8, 4) is 17.2 Å². The summed E-state index contributed by atoms with van der Waals surface area (Å²) in [4.78, 5) is 3.54. The zero-order valence-corrected chi connectivity index (χ0v) is 16.1. The van der Waals surface area contributed by atoms with E-state index in [1.807, 2.05) is 12.1 Å². The zero-order chi connectivity index (χ0) is 14.9. The third-order valence-corrected chi connectivity index (χ3v) is 6.32. The molecule has 2 nitrogen and oxygen atoms in total. The highest BCUT2D eigenvalue weighted by Crippen LogP contribution is 2.41. The van der Waals surface area contributed by atoms with Crippen LogP contribution in [0, 0.1) is 17.9 Å². The number of rotatable bonds is 1. The van der Waals surface area contributed by atoms with Crippen molar-refractivity contribution in [1.29, 1.82) is 5.26 Å². The predicted molar refractivity (Wildman–Crippen MR) is 93.7 cm³/mol. The molecule has 0 aliphatic rings. The molecule has 2 aromatic rings. The van der Waals surface area contributed by atoms with Gasteiger partial charge in [-0.25, -0.2) is 4.85 Å². The fourth-order valence-corrected chi connectivity index (χ4v) is 3.07. The highest BCUT2D eigenvalue weighted by molar-refractivity contribution is 9.13. The maximum absolute atomic E-state index is 9.30. The second-order valence-corrected chi connectivity index (χ2v) is 7.24. The molecule has 0 radical (unpaired) electrons. The van der Waals surface area contributed by atoms with Gasteiger partial charge in [0.05, 0.1) is 18.2 Å². The first-order valence-corrected chi connectivity index (χ1v) is 8.41. The monoisotopic (exact) mass is 516 g/mol. The van der Waals surface area contributed by atoms with Crippen LogP contribution in [-0.4, -0.2) is 0 Å². The van der Waals surface area contributed by atoms with Crippen LogP contribution < -0.4 is 0 Å². The first-order valence-electron chi connectivity index (χ1n) is 5.24. The topological polar surface area (TPSA) is 28.1 Å². The summed E-state index contributed by atoms with van der Waals surface area (Å²) < 4.78 is 3.28. The van der Waals surface area contributed by atoms with Crippen LogP contribution >= 0.6 is 63.7 Å². The summed E-state index contributed by atoms with van der Waals surface area (Å²) in [6.07, 6.45) is 0. The Hall–Kier alpha value is -0.660. The molecule has 0 heterocycles. The maximum atomic E-state index is 9.30. The van der Waals surface area contributed by atoms with Crippen molar-refractivity contribution in [3.05, 3.63) is 59.1 Å². The minimum Gasteiger partial charge on any atom is -0.237 e. The molecule has 0 aromatic heterocycles. The average Bonchev–Trinajstić information content (AvgIpc) is 2.43. The lowest BCUT2D eigenvalue weighted by atomic mass is 9.99. The number of nitriles is 1. The van der Waals surface area contributed by atoms with Gasteiger partial charge in [-0.1, -0.05) is 15.9 Å². The van der Waals surface area contributed by atoms with Crippen LogP contribution in [0.5, 0.6) is 0 Å². The number of nitrogens with zero attached hydrogens (tertiary/aromatic N) is 2. The van der Waals surface area contributed by atoms with Gasteiger partial charge >= 0.3 is 0 Å². The molecule has 0 aliphatic heterocycles. The molecular formula is C14H4Br4N2. The van der Waals surface area contributed by atoms with Crippen molar-refractivity contribution < 1.29 is 0 Å². The van der Waals surface area contributed by atoms with E-state index < -0.39 is 0 Å². The molecular weight excluding hydrogens is 516 g/mol. The van der Waals surface area contributed by atoms with E-state index in [4.69, 9.17) is 6.57 Å². The molecule has 0 N–H and O–H groups in total. The van der Waals surface area contributed by atoms with Crippen molar-refractivity contribution in [2.45, 2.75) is 0 Å². The zero-order valence-electron chi connectivity index (χ0n) is 9.72. The summed E-state index contributed by atoms with van der Waals surface area (Å²) in [5.74, 6) is 0. The number of hydrogen-bond acceptors (Lipinski definition) is 1. The molecule has 0 atom stereocenters. The van der Waals surface area contributed by atoms with Crippen molar-refractivity contribution in [2.24, 2.45) is 0 Å². The van der Waals surface area contributed by atoms with Crippen LogP contribution in [0.3, 0.4) is 0 Å². The van der Waals surface area contributed by atoms with E-state index in [1.54, 1.807) is 12.1 Å². The van der Waals surface area contributed by atoms with Gasteiger partial charge in [0.25, 0.3) is 0 Å². The molecule has 0 saturated carbocycles. The van der Waals surface area contributed by atoms with Gasteiger partial charge in [-0.3, -0.25) is 0 Å². The minimum atomic E-state index is 0.491. The molecule has 6 heteroatoms. The van der Waals surface area contributed by atoms with E-state index in [0.29, 0.717) is 11.3 Å². The van der Waals surface area contributed by atoms with Crippen molar-refractivity contribution in [3.63, 3.8) is 0 Å². The van der Waals surface area contributed by atoms with E-state index in [1.165, 1.54) is 0 Å². The summed E-state index contributed by atoms with van der Waals surface area (Å²) >= 11 is 13.6. The molecule has 0 bridgehead atoms. The van der Waals surface area contributed by atoms with Crippen molar-refractivity contribution >= 4 is 69.4 Å². The Balaban J connectivity index is 2.82. The van der Waals surface area contributed by atoms with Crippen molar-refractivity contribution in [1.82, 2.24) is 0 Å². The van der Waals surface area contributed by atoms with E-state index in [2.05, 4.69) is 74.6 Å². The average molecular weight is 520 g/mol. The standard InChI is InChI=1S/C14H4Br4N2/c1-20-14-5-13(18)12(17)4-9(14)8-3-11(16)10(15)2-7(8)6-19/h2-5H. The second kappa shape index (κ2) is 6.41. The summed E-state index contributed by atoms with van der Waals surface area (Å²) in [5, 5.41) is 9.30. The van der Waals surface area contributed by atoms with E-state index >= 15 is 0 Å². The summed E-state index contributed by atoms with van der Waals surface area (Å²) in [7, 11) is 0. The third-order valence-electron chi connectivity index (χ3n) is 2.63. The Morgan fingerprint density at radius 3 is 1.90 bits per heavy atom. The lowest BCUT2D eigenvalue weighted by Crippen LogP contribution is -1.87. The smallest absolute Gasteiger partial charge is 0.196 e. The van der Waals surface area contributed by atoms with Crippen LogP contribution in [0.1, 0.15) is 5.56 Å². The largest absolute Gasteiger partial charge is 0.237 e. The predicted octanol–water partition coefficient (Wildman–Crippen LogP) is 6.83. The van der Waals surface area contributed by atoms with Gasteiger partial charge in [0.15, 0.2) is 5.69 Å². The highest BCUT2D eigenvalue weighted by Gasteiger charge is 2.14. The molecule has 0 aliphatic carbocycles. The molecule has 0 spiro atoms. The summed E-state index contributed by atoms with van der Waals surface area (Å²) in [5.41, 5.74) is 2.45. The third kappa shape index (κ3) is 2.99. The first kappa shape index (κ1) is 15.7. The number of halogens is 4. The molecule has 0 amide bonds. The van der Waals surface area contributed by atoms with Crippen molar-refractivity contribution in [2.75, 3.05) is 0 Å². The molecule has 2 aromatic carbocycles. The lowest BCUT2D eigenvalue weighted by Gasteiger charge is -2.10. The van der Waals surface area contributed by atoms with Gasteiger partial charge < -0.3 is 0 Å². The lowest BCUT2D eigenvalue weighted by molar-refractivity contribution is 1.45.